The summed E-state index contributed by atoms with van der Waals surface area (Å²) in [5.74, 6) is 0. The van der Waals surface area contributed by atoms with E-state index in [9.17, 15) is 0 Å². The van der Waals surface area contributed by atoms with Gasteiger partial charge in [-0.2, -0.15) is 0 Å². The first-order valence-electron chi connectivity index (χ1n) is 9.90. The first-order chi connectivity index (χ1) is 11.3. The van der Waals surface area contributed by atoms with Crippen LogP contribution >= 0.6 is 0 Å². The normalized spacial score (nSPS) is 18.8. The predicted molar refractivity (Wildman–Crippen MR) is 106 cm³/mol. The van der Waals surface area contributed by atoms with Crippen LogP contribution in [0.5, 0.6) is 0 Å². The molecule has 0 N–H and O–H groups in total. The van der Waals surface area contributed by atoms with Crippen molar-refractivity contribution in [3.63, 3.8) is 0 Å². The molecule has 0 spiro atoms. The Morgan fingerprint density at radius 2 is 1.58 bits per heavy atom. The molecular formula is C22H38N2. The fourth-order valence-electron chi connectivity index (χ4n) is 3.82. The maximum absolute atomic E-state index is 2.61. The van der Waals surface area contributed by atoms with E-state index in [0.717, 1.165) is 19.1 Å². The van der Waals surface area contributed by atoms with Crippen molar-refractivity contribution in [3.05, 3.63) is 34.9 Å². The third kappa shape index (κ3) is 5.07. The van der Waals surface area contributed by atoms with Crippen LogP contribution in [0.3, 0.4) is 0 Å². The second-order valence-corrected chi connectivity index (χ2v) is 8.47. The summed E-state index contributed by atoms with van der Waals surface area (Å²) < 4.78 is 0. The van der Waals surface area contributed by atoms with Gasteiger partial charge in [-0.25, -0.2) is 0 Å². The average molecular weight is 331 g/mol. The summed E-state index contributed by atoms with van der Waals surface area (Å²) in [5.41, 5.74) is 4.92. The van der Waals surface area contributed by atoms with E-state index in [1.54, 1.807) is 11.1 Å². The van der Waals surface area contributed by atoms with E-state index < -0.39 is 0 Å². The van der Waals surface area contributed by atoms with Gasteiger partial charge in [0.15, 0.2) is 0 Å². The minimum atomic E-state index is 0.251. The number of likely N-dealkylation sites (N-methyl/N-ethyl adjacent to an activating group) is 2. The highest BCUT2D eigenvalue weighted by atomic mass is 15.2. The Labute approximate surface area is 150 Å². The monoisotopic (exact) mass is 330 g/mol. The Morgan fingerprint density at radius 1 is 0.958 bits per heavy atom. The van der Waals surface area contributed by atoms with Crippen LogP contribution in [-0.4, -0.2) is 49.1 Å². The van der Waals surface area contributed by atoms with E-state index in [4.69, 9.17) is 0 Å². The molecular weight excluding hydrogens is 292 g/mol. The number of nitrogens with zero attached hydrogens (tertiary/aromatic N) is 2. The maximum Gasteiger partial charge on any atom is 0.0109 e. The van der Waals surface area contributed by atoms with E-state index in [0.29, 0.717) is 0 Å². The molecule has 0 saturated carbocycles. The van der Waals surface area contributed by atoms with Crippen molar-refractivity contribution in [1.82, 2.24) is 9.80 Å². The van der Waals surface area contributed by atoms with E-state index >= 15 is 0 Å². The van der Waals surface area contributed by atoms with Gasteiger partial charge in [0.25, 0.3) is 0 Å². The van der Waals surface area contributed by atoms with Crippen molar-refractivity contribution >= 4 is 0 Å². The summed E-state index contributed by atoms with van der Waals surface area (Å²) in [6.07, 6.45) is 5.07. The van der Waals surface area contributed by atoms with Crippen LogP contribution in [0.2, 0.25) is 0 Å². The van der Waals surface area contributed by atoms with Crippen LogP contribution in [-0.2, 0) is 18.3 Å². The molecule has 0 aromatic heterocycles. The van der Waals surface area contributed by atoms with Gasteiger partial charge in [-0.3, -0.25) is 0 Å². The topological polar surface area (TPSA) is 6.48 Å². The van der Waals surface area contributed by atoms with Crippen molar-refractivity contribution in [1.29, 1.82) is 0 Å². The lowest BCUT2D eigenvalue weighted by molar-refractivity contribution is 0.184. The van der Waals surface area contributed by atoms with Crippen LogP contribution < -0.4 is 0 Å². The molecule has 0 saturated heterocycles. The second kappa shape index (κ2) is 8.49. The van der Waals surface area contributed by atoms with Gasteiger partial charge in [-0.1, -0.05) is 52.8 Å². The molecule has 1 aromatic carbocycles. The lowest BCUT2D eigenvalue weighted by Gasteiger charge is -2.29. The summed E-state index contributed by atoms with van der Waals surface area (Å²) in [6, 6.07) is 7.96. The molecule has 1 atom stereocenters. The highest BCUT2D eigenvalue weighted by molar-refractivity contribution is 5.36. The zero-order valence-corrected chi connectivity index (χ0v) is 16.9. The number of rotatable bonds is 6. The lowest BCUT2D eigenvalue weighted by Crippen LogP contribution is -2.38. The molecule has 2 nitrogen and oxygen atoms in total. The molecule has 2 heteroatoms. The van der Waals surface area contributed by atoms with E-state index in [-0.39, 0.29) is 5.41 Å². The fraction of sp³-hybridized carbons (Fsp3) is 0.727. The molecule has 136 valence electrons. The van der Waals surface area contributed by atoms with Crippen molar-refractivity contribution < 1.29 is 0 Å². The Kier molecular flexibility index (Phi) is 6.88. The predicted octanol–water partition coefficient (Wildman–Crippen LogP) is 4.51. The van der Waals surface area contributed by atoms with Crippen LogP contribution in [0.15, 0.2) is 18.2 Å². The van der Waals surface area contributed by atoms with Gasteiger partial charge < -0.3 is 9.80 Å². The van der Waals surface area contributed by atoms with Gasteiger partial charge in [0.05, 0.1) is 0 Å². The molecule has 1 aromatic rings. The highest BCUT2D eigenvalue weighted by Gasteiger charge is 2.22. The summed E-state index contributed by atoms with van der Waals surface area (Å²) >= 11 is 0. The van der Waals surface area contributed by atoms with Gasteiger partial charge in [0.1, 0.15) is 0 Å². The molecule has 0 radical (unpaired) electrons. The van der Waals surface area contributed by atoms with Crippen LogP contribution in [0, 0.1) is 0 Å². The molecule has 0 amide bonds. The molecule has 2 rings (SSSR count). The molecule has 1 aliphatic carbocycles. The quantitative estimate of drug-likeness (QED) is 0.708. The summed E-state index contributed by atoms with van der Waals surface area (Å²) in [6.45, 7) is 16.2. The first-order valence-corrected chi connectivity index (χ1v) is 9.90. The SMILES string of the molecule is CCN(CC)CCN(C)C1CCc2ccc(C(C)(C)C)cc2CC1. The minimum absolute atomic E-state index is 0.251. The van der Waals surface area contributed by atoms with Crippen molar-refractivity contribution in [2.24, 2.45) is 0 Å². The Morgan fingerprint density at radius 3 is 2.17 bits per heavy atom. The highest BCUT2D eigenvalue weighted by Crippen LogP contribution is 2.29. The van der Waals surface area contributed by atoms with Crippen LogP contribution in [0.1, 0.15) is 64.2 Å². The maximum atomic E-state index is 2.61. The first kappa shape index (κ1) is 19.5. The largest absolute Gasteiger partial charge is 0.303 e. The minimum Gasteiger partial charge on any atom is -0.303 e. The van der Waals surface area contributed by atoms with E-state index in [1.165, 1.54) is 44.3 Å². The zero-order chi connectivity index (χ0) is 17.7. The van der Waals surface area contributed by atoms with Crippen molar-refractivity contribution in [3.8, 4) is 0 Å². The zero-order valence-electron chi connectivity index (χ0n) is 16.9. The molecule has 24 heavy (non-hydrogen) atoms. The van der Waals surface area contributed by atoms with Crippen molar-refractivity contribution in [2.75, 3.05) is 33.2 Å². The molecule has 0 bridgehead atoms. The van der Waals surface area contributed by atoms with Gasteiger partial charge in [0, 0.05) is 19.1 Å². The standard InChI is InChI=1S/C22H38N2/c1-7-24(8-2)16-15-23(6)21-13-10-18-9-12-20(22(3,4)5)17-19(18)11-14-21/h9,12,17,21H,7-8,10-11,13-16H2,1-6H3. The Balaban J connectivity index is 1.97. The number of hydrogen-bond donors (Lipinski definition) is 0. The summed E-state index contributed by atoms with van der Waals surface area (Å²) in [7, 11) is 2.32. The lowest BCUT2D eigenvalue weighted by atomic mass is 9.84. The van der Waals surface area contributed by atoms with Crippen LogP contribution in [0.25, 0.3) is 0 Å². The van der Waals surface area contributed by atoms with Crippen molar-refractivity contribution in [2.45, 2.75) is 71.8 Å². The van der Waals surface area contributed by atoms with Crippen LogP contribution in [0.4, 0.5) is 0 Å². The second-order valence-electron chi connectivity index (χ2n) is 8.47. The Hall–Kier alpha value is -0.860. The smallest absolute Gasteiger partial charge is 0.0109 e. The molecule has 1 unspecified atom stereocenters. The van der Waals surface area contributed by atoms with Gasteiger partial charge >= 0.3 is 0 Å². The fourth-order valence-corrected chi connectivity index (χ4v) is 3.82. The van der Waals surface area contributed by atoms with Gasteiger partial charge in [0.2, 0.25) is 0 Å². The molecule has 0 heterocycles. The molecule has 0 aliphatic heterocycles. The number of benzene rings is 1. The summed E-state index contributed by atoms with van der Waals surface area (Å²) in [4.78, 5) is 5.13. The van der Waals surface area contributed by atoms with E-state index in [1.807, 2.05) is 0 Å². The number of aryl methyl sites for hydroxylation is 2. The van der Waals surface area contributed by atoms with E-state index in [2.05, 4.69) is 69.7 Å². The summed E-state index contributed by atoms with van der Waals surface area (Å²) in [5, 5.41) is 0. The number of hydrogen-bond acceptors (Lipinski definition) is 2. The Bertz CT molecular complexity index is 511. The number of fused-ring (bicyclic) bond motifs is 1. The van der Waals surface area contributed by atoms with Gasteiger partial charge in [-0.15, -0.1) is 0 Å². The third-order valence-corrected chi connectivity index (χ3v) is 5.85. The van der Waals surface area contributed by atoms with Gasteiger partial charge in [-0.05, 0) is 67.9 Å². The third-order valence-electron chi connectivity index (χ3n) is 5.85. The average Bonchev–Trinajstić information content (AvgIpc) is 2.76. The molecule has 1 aliphatic rings. The molecule has 0 fully saturated rings.